The van der Waals surface area contributed by atoms with Crippen LogP contribution in [-0.2, 0) is 4.74 Å². The zero-order valence-corrected chi connectivity index (χ0v) is 10.3. The molecule has 0 fully saturated rings. The zero-order chi connectivity index (χ0) is 12.8. The molecule has 0 aliphatic rings. The normalized spacial score (nSPS) is 14.1. The van der Waals surface area contributed by atoms with Crippen molar-refractivity contribution in [1.29, 1.82) is 0 Å². The Labute approximate surface area is 105 Å². The van der Waals surface area contributed by atoms with Crippen LogP contribution in [0.2, 0.25) is 0 Å². The number of hydrogen-bond donors (Lipinski definition) is 3. The van der Waals surface area contributed by atoms with Crippen LogP contribution in [0.5, 0.6) is 0 Å². The molecular weight excluding hydrogens is 242 g/mol. The van der Waals surface area contributed by atoms with E-state index in [9.17, 15) is 15.0 Å². The Morgan fingerprint density at radius 1 is 1.53 bits per heavy atom. The minimum Gasteiger partial charge on any atom is -0.464 e. The molecule has 0 spiro atoms. The fraction of sp³-hybridized carbons (Fsp3) is 0.455. The summed E-state index contributed by atoms with van der Waals surface area (Å²) < 4.78 is 4.50. The fourth-order valence-corrected chi connectivity index (χ4v) is 1.58. The van der Waals surface area contributed by atoms with Crippen LogP contribution in [0.15, 0.2) is 18.3 Å². The number of carbonyl (C=O) groups excluding carboxylic acids is 1. The Kier molecular flexibility index (Phi) is 5.40. The lowest BCUT2D eigenvalue weighted by Gasteiger charge is -2.16. The second-order valence-corrected chi connectivity index (χ2v) is 3.94. The van der Waals surface area contributed by atoms with E-state index in [1.807, 2.05) is 0 Å². The summed E-state index contributed by atoms with van der Waals surface area (Å²) >= 11 is 3.97. The predicted molar refractivity (Wildman–Crippen MR) is 65.0 cm³/mol. The molecule has 0 amide bonds. The summed E-state index contributed by atoms with van der Waals surface area (Å²) in [6, 6.07) is 2.98. The predicted octanol–water partition coefficient (Wildman–Crippen LogP) is 0.582. The summed E-state index contributed by atoms with van der Waals surface area (Å²) in [6.07, 6.45) is -0.193. The first-order valence-electron chi connectivity index (χ1n) is 5.11. The van der Waals surface area contributed by atoms with Crippen LogP contribution in [0.4, 0.5) is 0 Å². The van der Waals surface area contributed by atoms with E-state index in [1.54, 1.807) is 0 Å². The molecule has 0 aliphatic heterocycles. The van der Waals surface area contributed by atoms with E-state index in [4.69, 9.17) is 0 Å². The molecule has 0 aromatic carbocycles. The van der Waals surface area contributed by atoms with Gasteiger partial charge in [0.2, 0.25) is 0 Å². The van der Waals surface area contributed by atoms with Gasteiger partial charge in [-0.1, -0.05) is 6.07 Å². The first-order valence-corrected chi connectivity index (χ1v) is 5.74. The molecule has 2 unspecified atom stereocenters. The number of nitrogens with zero attached hydrogens (tertiary/aromatic N) is 1. The molecule has 2 atom stereocenters. The van der Waals surface area contributed by atoms with Crippen LogP contribution in [0.1, 0.15) is 28.6 Å². The fourth-order valence-electron chi connectivity index (χ4n) is 1.32. The van der Waals surface area contributed by atoms with Gasteiger partial charge in [-0.25, -0.2) is 9.78 Å². The van der Waals surface area contributed by atoms with E-state index in [1.165, 1.54) is 25.4 Å². The molecule has 1 rings (SSSR count). The lowest BCUT2D eigenvalue weighted by molar-refractivity contribution is 0.0170. The number of aliphatic hydroxyl groups is 2. The van der Waals surface area contributed by atoms with Crippen molar-refractivity contribution >= 4 is 18.6 Å². The van der Waals surface area contributed by atoms with Crippen LogP contribution in [0.3, 0.4) is 0 Å². The monoisotopic (exact) mass is 257 g/mol. The second kappa shape index (κ2) is 6.58. The zero-order valence-electron chi connectivity index (χ0n) is 9.41. The first-order chi connectivity index (χ1) is 8.10. The summed E-state index contributed by atoms with van der Waals surface area (Å²) in [5, 5.41) is 19.3. The number of ether oxygens (including phenoxy) is 1. The van der Waals surface area contributed by atoms with Gasteiger partial charge in [0.15, 0.2) is 0 Å². The van der Waals surface area contributed by atoms with Gasteiger partial charge in [-0.15, -0.1) is 0 Å². The van der Waals surface area contributed by atoms with Crippen LogP contribution < -0.4 is 0 Å². The number of esters is 1. The standard InChI is InChI=1S/C11H15NO4S/c1-16-11(15)8-3-2-7(6-12-8)10(14)9(13)4-5-17/h2-3,6,9-10,13-14,17H,4-5H2,1H3. The van der Waals surface area contributed by atoms with Gasteiger partial charge in [-0.05, 0) is 18.2 Å². The highest BCUT2D eigenvalue weighted by Crippen LogP contribution is 2.18. The van der Waals surface area contributed by atoms with Crippen LogP contribution in [-0.4, -0.2) is 40.1 Å². The Bertz CT molecular complexity index is 368. The number of carbonyl (C=O) groups is 1. The highest BCUT2D eigenvalue weighted by Gasteiger charge is 2.18. The quantitative estimate of drug-likeness (QED) is 0.531. The number of aromatic nitrogens is 1. The average molecular weight is 257 g/mol. The Morgan fingerprint density at radius 3 is 2.71 bits per heavy atom. The van der Waals surface area contributed by atoms with Crippen molar-refractivity contribution < 1.29 is 19.7 Å². The van der Waals surface area contributed by atoms with Gasteiger partial charge in [-0.2, -0.15) is 12.6 Å². The van der Waals surface area contributed by atoms with Gasteiger partial charge in [-0.3, -0.25) is 0 Å². The van der Waals surface area contributed by atoms with E-state index < -0.39 is 18.2 Å². The molecule has 0 aliphatic carbocycles. The molecule has 1 heterocycles. The SMILES string of the molecule is COC(=O)c1ccc(C(O)C(O)CCS)cn1. The Morgan fingerprint density at radius 2 is 2.24 bits per heavy atom. The summed E-state index contributed by atoms with van der Waals surface area (Å²) in [5.41, 5.74) is 0.610. The van der Waals surface area contributed by atoms with Crippen molar-refractivity contribution in [2.75, 3.05) is 12.9 Å². The summed E-state index contributed by atoms with van der Waals surface area (Å²) in [6.45, 7) is 0. The molecule has 0 saturated heterocycles. The van der Waals surface area contributed by atoms with Crippen LogP contribution in [0.25, 0.3) is 0 Å². The smallest absolute Gasteiger partial charge is 0.356 e. The third kappa shape index (κ3) is 3.69. The summed E-state index contributed by atoms with van der Waals surface area (Å²) in [7, 11) is 1.27. The molecule has 0 bridgehead atoms. The molecule has 1 aromatic rings. The van der Waals surface area contributed by atoms with Gasteiger partial charge in [0.1, 0.15) is 11.8 Å². The molecule has 0 radical (unpaired) electrons. The maximum Gasteiger partial charge on any atom is 0.356 e. The number of aliphatic hydroxyl groups excluding tert-OH is 2. The van der Waals surface area contributed by atoms with E-state index in [2.05, 4.69) is 22.3 Å². The van der Waals surface area contributed by atoms with Gasteiger partial charge in [0, 0.05) is 11.8 Å². The molecule has 1 aromatic heterocycles. The van der Waals surface area contributed by atoms with Crippen molar-refractivity contribution in [3.63, 3.8) is 0 Å². The molecule has 94 valence electrons. The second-order valence-electron chi connectivity index (χ2n) is 3.49. The molecule has 2 N–H and O–H groups in total. The number of rotatable bonds is 5. The van der Waals surface area contributed by atoms with Crippen molar-refractivity contribution in [1.82, 2.24) is 4.98 Å². The third-order valence-corrected chi connectivity index (χ3v) is 2.57. The molecular formula is C11H15NO4S. The number of pyridine rings is 1. The highest BCUT2D eigenvalue weighted by molar-refractivity contribution is 7.80. The van der Waals surface area contributed by atoms with E-state index in [0.29, 0.717) is 17.7 Å². The number of methoxy groups -OCH3 is 1. The van der Waals surface area contributed by atoms with Crippen LogP contribution in [0, 0.1) is 0 Å². The first kappa shape index (κ1) is 14.0. The molecule has 5 nitrogen and oxygen atoms in total. The van der Waals surface area contributed by atoms with Crippen molar-refractivity contribution in [2.24, 2.45) is 0 Å². The van der Waals surface area contributed by atoms with Crippen molar-refractivity contribution in [2.45, 2.75) is 18.6 Å². The van der Waals surface area contributed by atoms with E-state index in [-0.39, 0.29) is 5.69 Å². The van der Waals surface area contributed by atoms with Crippen molar-refractivity contribution in [3.8, 4) is 0 Å². The maximum atomic E-state index is 11.1. The topological polar surface area (TPSA) is 79.7 Å². The minimum atomic E-state index is -1.03. The average Bonchev–Trinajstić information content (AvgIpc) is 2.37. The van der Waals surface area contributed by atoms with Crippen LogP contribution >= 0.6 is 12.6 Å². The molecule has 17 heavy (non-hydrogen) atoms. The Hall–Kier alpha value is -1.11. The molecule has 6 heteroatoms. The Balaban J connectivity index is 2.76. The third-order valence-electron chi connectivity index (χ3n) is 2.31. The summed E-state index contributed by atoms with van der Waals surface area (Å²) in [4.78, 5) is 15.0. The highest BCUT2D eigenvalue weighted by atomic mass is 32.1. The lowest BCUT2D eigenvalue weighted by atomic mass is 10.0. The van der Waals surface area contributed by atoms with E-state index in [0.717, 1.165) is 0 Å². The van der Waals surface area contributed by atoms with Gasteiger partial charge in [0.25, 0.3) is 0 Å². The minimum absolute atomic E-state index is 0.159. The number of thiol groups is 1. The van der Waals surface area contributed by atoms with E-state index >= 15 is 0 Å². The van der Waals surface area contributed by atoms with Crippen molar-refractivity contribution in [3.05, 3.63) is 29.6 Å². The largest absolute Gasteiger partial charge is 0.464 e. The molecule has 0 saturated carbocycles. The van der Waals surface area contributed by atoms with Gasteiger partial charge >= 0.3 is 5.97 Å². The van der Waals surface area contributed by atoms with Gasteiger partial charge < -0.3 is 14.9 Å². The van der Waals surface area contributed by atoms with Gasteiger partial charge in [0.05, 0.1) is 13.2 Å². The number of hydrogen-bond acceptors (Lipinski definition) is 6. The maximum absolute atomic E-state index is 11.1. The summed E-state index contributed by atoms with van der Waals surface area (Å²) in [5.74, 6) is -0.0618. The lowest BCUT2D eigenvalue weighted by Crippen LogP contribution is -2.19.